The molecule has 0 radical (unpaired) electrons. The number of carbonyl (C=O) groups excluding carboxylic acids is 4. The number of rotatable bonds is 18. The Kier molecular flexibility index (Phi) is 12.8. The number of benzene rings is 1. The molecule has 0 aliphatic carbocycles. The second-order valence-electron chi connectivity index (χ2n) is 8.74. The number of imide groups is 1. The van der Waals surface area contributed by atoms with Crippen LogP contribution in [-0.4, -0.2) is 101 Å². The van der Waals surface area contributed by atoms with Gasteiger partial charge in [-0.2, -0.15) is 0 Å². The summed E-state index contributed by atoms with van der Waals surface area (Å²) in [6.45, 7) is 4.08. The quantitative estimate of drug-likeness (QED) is 0.153. The van der Waals surface area contributed by atoms with Crippen molar-refractivity contribution in [3.05, 3.63) is 29.3 Å². The summed E-state index contributed by atoms with van der Waals surface area (Å²) in [7, 11) is 0. The van der Waals surface area contributed by atoms with Gasteiger partial charge in [0.1, 0.15) is 12.6 Å². The number of anilines is 1. The van der Waals surface area contributed by atoms with Crippen LogP contribution in [0.5, 0.6) is 0 Å². The van der Waals surface area contributed by atoms with Gasteiger partial charge in [-0.05, 0) is 18.6 Å². The van der Waals surface area contributed by atoms with Crippen molar-refractivity contribution in [3.8, 4) is 12.3 Å². The predicted octanol–water partition coefficient (Wildman–Crippen LogP) is 0.492. The van der Waals surface area contributed by atoms with Crippen molar-refractivity contribution >= 4 is 29.3 Å². The van der Waals surface area contributed by atoms with Crippen LogP contribution in [0, 0.1) is 12.3 Å². The Bertz CT molecular complexity index is 1040. The highest BCUT2D eigenvalue weighted by atomic mass is 16.6. The molecular formula is C27H35N3O9. The zero-order valence-electron chi connectivity index (χ0n) is 21.9. The van der Waals surface area contributed by atoms with Crippen LogP contribution in [-0.2, 0) is 44.6 Å². The highest BCUT2D eigenvalue weighted by Gasteiger charge is 2.39. The number of terminal acetylenes is 1. The zero-order valence-corrected chi connectivity index (χ0v) is 21.9. The Balaban J connectivity index is 1.25. The first-order valence-electron chi connectivity index (χ1n) is 12.9. The van der Waals surface area contributed by atoms with Gasteiger partial charge in [-0.15, -0.1) is 6.42 Å². The first-order chi connectivity index (χ1) is 19.0. The highest BCUT2D eigenvalue weighted by Crippen LogP contribution is 2.32. The molecule has 4 amide bonds. The van der Waals surface area contributed by atoms with Gasteiger partial charge in [-0.25, -0.2) is 0 Å². The van der Waals surface area contributed by atoms with E-state index in [-0.39, 0.29) is 56.7 Å². The lowest BCUT2D eigenvalue weighted by Gasteiger charge is -2.29. The monoisotopic (exact) mass is 545 g/mol. The predicted molar refractivity (Wildman–Crippen MR) is 139 cm³/mol. The minimum absolute atomic E-state index is 0.130. The van der Waals surface area contributed by atoms with Crippen LogP contribution in [0.2, 0.25) is 0 Å². The van der Waals surface area contributed by atoms with E-state index in [1.165, 1.54) is 4.90 Å². The van der Waals surface area contributed by atoms with Crippen LogP contribution in [0.3, 0.4) is 0 Å². The Morgan fingerprint density at radius 1 is 0.949 bits per heavy atom. The topological polar surface area (TPSA) is 142 Å². The van der Waals surface area contributed by atoms with Gasteiger partial charge in [-0.3, -0.25) is 24.5 Å². The molecule has 0 spiro atoms. The van der Waals surface area contributed by atoms with E-state index in [9.17, 15) is 19.2 Å². The molecule has 0 saturated carbocycles. The van der Waals surface area contributed by atoms with Crippen molar-refractivity contribution in [2.45, 2.75) is 31.8 Å². The molecule has 212 valence electrons. The summed E-state index contributed by atoms with van der Waals surface area (Å²) in [5.41, 5.74) is 1.61. The molecule has 2 aliphatic heterocycles. The number of nitrogens with zero attached hydrogens (tertiary/aromatic N) is 1. The molecule has 1 aromatic carbocycles. The number of ether oxygens (including phenoxy) is 5. The molecule has 1 atom stereocenters. The molecule has 39 heavy (non-hydrogen) atoms. The van der Waals surface area contributed by atoms with E-state index in [2.05, 4.69) is 16.6 Å². The lowest BCUT2D eigenvalue weighted by atomic mass is 10.0. The second-order valence-corrected chi connectivity index (χ2v) is 8.74. The van der Waals surface area contributed by atoms with Crippen molar-refractivity contribution in [1.82, 2.24) is 10.2 Å². The second kappa shape index (κ2) is 16.6. The van der Waals surface area contributed by atoms with E-state index in [4.69, 9.17) is 30.1 Å². The lowest BCUT2D eigenvalue weighted by Crippen LogP contribution is -2.52. The van der Waals surface area contributed by atoms with Crippen LogP contribution in [0.1, 0.15) is 35.2 Å². The van der Waals surface area contributed by atoms with Crippen molar-refractivity contribution in [2.75, 3.05) is 71.4 Å². The summed E-state index contributed by atoms with van der Waals surface area (Å²) in [5, 5.41) is 5.11. The number of amides is 4. The first kappa shape index (κ1) is 30.2. The van der Waals surface area contributed by atoms with Gasteiger partial charge >= 0.3 is 0 Å². The van der Waals surface area contributed by atoms with Crippen molar-refractivity contribution in [3.63, 3.8) is 0 Å². The zero-order chi connectivity index (χ0) is 27.9. The standard InChI is InChI=1S/C27H35N3O9/c1-2-9-35-11-13-37-15-17-39-18-16-38-14-12-36-10-8-25(32)28-22-5-3-4-20-21(22)19-30(27(20)34)23-6-7-24(31)29-26(23)33/h1,3-5,23H,6-19H2,(H,28,32)(H,29,31,33). The van der Waals surface area contributed by atoms with Gasteiger partial charge in [0.2, 0.25) is 17.7 Å². The molecule has 12 heteroatoms. The van der Waals surface area contributed by atoms with Crippen LogP contribution in [0.4, 0.5) is 5.69 Å². The first-order valence-corrected chi connectivity index (χ1v) is 12.9. The molecule has 0 aromatic heterocycles. The normalized spacial score (nSPS) is 16.6. The maximum Gasteiger partial charge on any atom is 0.255 e. The lowest BCUT2D eigenvalue weighted by molar-refractivity contribution is -0.137. The molecule has 1 aromatic rings. The number of fused-ring (bicyclic) bond motifs is 1. The SMILES string of the molecule is C#CCOCCOCCOCCOCCOCCC(=O)Nc1cccc2c1CN(C1CCC(=O)NC1=O)C2=O. The minimum atomic E-state index is -0.710. The van der Waals surface area contributed by atoms with Gasteiger partial charge in [0.25, 0.3) is 5.91 Å². The van der Waals surface area contributed by atoms with E-state index in [1.807, 2.05) is 0 Å². The molecule has 1 saturated heterocycles. The number of hydrogen-bond acceptors (Lipinski definition) is 9. The van der Waals surface area contributed by atoms with Crippen molar-refractivity contribution in [2.24, 2.45) is 0 Å². The van der Waals surface area contributed by atoms with Crippen LogP contribution < -0.4 is 10.6 Å². The Morgan fingerprint density at radius 2 is 1.56 bits per heavy atom. The maximum absolute atomic E-state index is 12.9. The number of hydrogen-bond donors (Lipinski definition) is 2. The van der Waals surface area contributed by atoms with E-state index in [1.54, 1.807) is 18.2 Å². The smallest absolute Gasteiger partial charge is 0.255 e. The molecule has 3 rings (SSSR count). The van der Waals surface area contributed by atoms with E-state index >= 15 is 0 Å². The summed E-state index contributed by atoms with van der Waals surface area (Å²) in [6, 6.07) is 4.36. The molecule has 12 nitrogen and oxygen atoms in total. The summed E-state index contributed by atoms with van der Waals surface area (Å²) in [5.74, 6) is 1.02. The minimum Gasteiger partial charge on any atom is -0.379 e. The Labute approximate surface area is 227 Å². The number of nitrogens with one attached hydrogen (secondary N) is 2. The summed E-state index contributed by atoms with van der Waals surface area (Å²) >= 11 is 0. The summed E-state index contributed by atoms with van der Waals surface area (Å²) in [4.78, 5) is 50.5. The highest BCUT2D eigenvalue weighted by molar-refractivity contribution is 6.06. The average molecular weight is 546 g/mol. The van der Waals surface area contributed by atoms with Gasteiger partial charge in [-0.1, -0.05) is 12.0 Å². The number of piperidine rings is 1. The van der Waals surface area contributed by atoms with E-state index in [0.717, 1.165) is 0 Å². The van der Waals surface area contributed by atoms with Gasteiger partial charge in [0.15, 0.2) is 0 Å². The molecule has 2 heterocycles. The van der Waals surface area contributed by atoms with Crippen LogP contribution in [0.15, 0.2) is 18.2 Å². The molecule has 0 bridgehead atoms. The largest absolute Gasteiger partial charge is 0.379 e. The van der Waals surface area contributed by atoms with Crippen molar-refractivity contribution < 1.29 is 42.9 Å². The maximum atomic E-state index is 12.9. The van der Waals surface area contributed by atoms with E-state index in [0.29, 0.717) is 69.7 Å². The average Bonchev–Trinajstić information content (AvgIpc) is 3.25. The fraction of sp³-hybridized carbons (Fsp3) is 0.556. The van der Waals surface area contributed by atoms with Crippen molar-refractivity contribution in [1.29, 1.82) is 0 Å². The Morgan fingerprint density at radius 3 is 2.18 bits per heavy atom. The third-order valence-electron chi connectivity index (χ3n) is 6.00. The molecule has 2 aliphatic rings. The van der Waals surface area contributed by atoms with Gasteiger partial charge in [0.05, 0.1) is 65.9 Å². The fourth-order valence-electron chi connectivity index (χ4n) is 4.09. The van der Waals surface area contributed by atoms with Gasteiger partial charge in [0, 0.05) is 29.8 Å². The number of carbonyl (C=O) groups is 4. The third-order valence-corrected chi connectivity index (χ3v) is 6.00. The third kappa shape index (κ3) is 9.72. The molecule has 1 fully saturated rings. The van der Waals surface area contributed by atoms with Crippen LogP contribution >= 0.6 is 0 Å². The fourth-order valence-corrected chi connectivity index (χ4v) is 4.09. The Hall–Kier alpha value is -3.34. The molecule has 2 N–H and O–H groups in total. The summed E-state index contributed by atoms with van der Waals surface area (Å²) < 4.78 is 26.7. The summed E-state index contributed by atoms with van der Waals surface area (Å²) in [6.07, 6.45) is 5.66. The van der Waals surface area contributed by atoms with Crippen LogP contribution in [0.25, 0.3) is 0 Å². The van der Waals surface area contributed by atoms with E-state index < -0.39 is 11.9 Å². The molecule has 1 unspecified atom stereocenters. The molecular weight excluding hydrogens is 510 g/mol. The van der Waals surface area contributed by atoms with Gasteiger partial charge < -0.3 is 33.9 Å².